The van der Waals surface area contributed by atoms with Crippen LogP contribution in [0, 0.1) is 11.7 Å². The number of nitrogens with one attached hydrogen (secondary N) is 2. The summed E-state index contributed by atoms with van der Waals surface area (Å²) in [5.41, 5.74) is 3.64. The van der Waals surface area contributed by atoms with E-state index >= 15 is 0 Å². The maximum atomic E-state index is 13.5. The number of anilines is 1. The minimum absolute atomic E-state index is 0.00934. The molecule has 3 N–H and O–H groups in total. The maximum Gasteiger partial charge on any atom is 0.270 e. The lowest BCUT2D eigenvalue weighted by molar-refractivity contribution is -0.138. The molecular formula is C34H38FN5O5. The number of likely N-dealkylation sites (tertiary alicyclic amines) is 1. The first kappa shape index (κ1) is 30.7. The number of fused-ring (bicyclic) bond motifs is 1. The fourth-order valence-electron chi connectivity index (χ4n) is 5.94. The molecule has 236 valence electrons. The van der Waals surface area contributed by atoms with Crippen LogP contribution in [0.15, 0.2) is 54.6 Å². The Hall–Kier alpha value is -4.35. The molecule has 2 aliphatic heterocycles. The molecule has 6 rings (SSSR count). The molecule has 3 heterocycles. The summed E-state index contributed by atoms with van der Waals surface area (Å²) >= 11 is 0. The standard InChI is InChI=1S/C34H38FN5O5/c1-21(28-9-8-26(39-12-14-45-15-13-39)17-23(28)5-4-22-2-3-22)37-34(44)31-18-27(41)20-40(31)32(42)19-36-33(43)30-10-6-24-16-25(35)7-11-29(24)38-30/h4-11,16-17,21-22,27,31,41H,2-3,12-15,18-20H2,1H3,(H,36,43)(H,37,44)/b5-4+/t21-,27-,31+/m1/s1. The van der Waals surface area contributed by atoms with Gasteiger partial charge in [0.25, 0.3) is 5.91 Å². The van der Waals surface area contributed by atoms with Crippen LogP contribution in [0.4, 0.5) is 10.1 Å². The van der Waals surface area contributed by atoms with Crippen LogP contribution in [0.3, 0.4) is 0 Å². The molecule has 0 bridgehead atoms. The molecule has 3 atom stereocenters. The van der Waals surface area contributed by atoms with E-state index in [1.54, 1.807) is 6.07 Å². The molecule has 3 amide bonds. The lowest BCUT2D eigenvalue weighted by Crippen LogP contribution is -2.49. The van der Waals surface area contributed by atoms with Gasteiger partial charge in [0.1, 0.15) is 17.6 Å². The van der Waals surface area contributed by atoms with Crippen LogP contribution in [0.2, 0.25) is 0 Å². The second-order valence-corrected chi connectivity index (χ2v) is 12.0. The van der Waals surface area contributed by atoms with Crippen LogP contribution in [0.1, 0.15) is 53.8 Å². The number of benzene rings is 2. The summed E-state index contributed by atoms with van der Waals surface area (Å²) in [5, 5.41) is 16.6. The molecule has 3 aliphatic rings. The Morgan fingerprint density at radius 3 is 2.69 bits per heavy atom. The number of carbonyl (C=O) groups is 3. The average Bonchev–Trinajstić information content (AvgIpc) is 3.80. The Morgan fingerprint density at radius 1 is 1.11 bits per heavy atom. The number of rotatable bonds is 9. The summed E-state index contributed by atoms with van der Waals surface area (Å²) in [7, 11) is 0. The third-order valence-corrected chi connectivity index (χ3v) is 8.63. The fourth-order valence-corrected chi connectivity index (χ4v) is 5.94. The van der Waals surface area contributed by atoms with Gasteiger partial charge in [0.15, 0.2) is 0 Å². The number of amides is 3. The summed E-state index contributed by atoms with van der Waals surface area (Å²) in [5.74, 6) is -1.23. The van der Waals surface area contributed by atoms with Gasteiger partial charge >= 0.3 is 0 Å². The minimum atomic E-state index is -0.876. The highest BCUT2D eigenvalue weighted by Crippen LogP contribution is 2.33. The summed E-state index contributed by atoms with van der Waals surface area (Å²) in [6, 6.07) is 12.2. The van der Waals surface area contributed by atoms with Crippen LogP contribution in [-0.4, -0.2) is 84.3 Å². The van der Waals surface area contributed by atoms with Gasteiger partial charge in [0, 0.05) is 37.1 Å². The predicted molar refractivity (Wildman–Crippen MR) is 168 cm³/mol. The van der Waals surface area contributed by atoms with Crippen molar-refractivity contribution in [3.05, 3.63) is 77.2 Å². The first-order valence-electron chi connectivity index (χ1n) is 15.5. The lowest BCUT2D eigenvalue weighted by atomic mass is 9.98. The molecule has 3 aromatic rings. The van der Waals surface area contributed by atoms with Gasteiger partial charge in [-0.1, -0.05) is 24.3 Å². The normalized spacial score (nSPS) is 20.9. The zero-order valence-electron chi connectivity index (χ0n) is 25.2. The van der Waals surface area contributed by atoms with Crippen molar-refractivity contribution in [3.8, 4) is 0 Å². The molecule has 11 heteroatoms. The fraction of sp³-hybridized carbons (Fsp3) is 0.412. The quantitative estimate of drug-likeness (QED) is 0.338. The highest BCUT2D eigenvalue weighted by atomic mass is 19.1. The molecule has 1 saturated carbocycles. The number of morpholine rings is 1. The van der Waals surface area contributed by atoms with Gasteiger partial charge < -0.3 is 30.3 Å². The topological polar surface area (TPSA) is 124 Å². The maximum absolute atomic E-state index is 13.5. The Bertz CT molecular complexity index is 1620. The largest absolute Gasteiger partial charge is 0.391 e. The van der Waals surface area contributed by atoms with Crippen LogP contribution in [-0.2, 0) is 14.3 Å². The van der Waals surface area contributed by atoms with Crippen molar-refractivity contribution in [3.63, 3.8) is 0 Å². The number of β-amino-alcohol motifs (C(OH)–C–C–N with tert-alkyl or cyclic N) is 1. The number of nitrogens with zero attached hydrogens (tertiary/aromatic N) is 3. The molecule has 45 heavy (non-hydrogen) atoms. The van der Waals surface area contributed by atoms with E-state index in [1.807, 2.05) is 13.0 Å². The number of ether oxygens (including phenoxy) is 1. The van der Waals surface area contributed by atoms with E-state index in [1.165, 1.54) is 42.0 Å². The molecule has 0 radical (unpaired) electrons. The number of hydrogen-bond acceptors (Lipinski definition) is 7. The molecule has 0 spiro atoms. The van der Waals surface area contributed by atoms with Crippen LogP contribution in [0.25, 0.3) is 17.0 Å². The van der Waals surface area contributed by atoms with Gasteiger partial charge in [0.2, 0.25) is 11.8 Å². The van der Waals surface area contributed by atoms with E-state index in [-0.39, 0.29) is 37.2 Å². The van der Waals surface area contributed by atoms with Crippen LogP contribution < -0.4 is 15.5 Å². The third-order valence-electron chi connectivity index (χ3n) is 8.63. The number of aromatic nitrogens is 1. The van der Waals surface area contributed by atoms with Gasteiger partial charge in [-0.15, -0.1) is 0 Å². The van der Waals surface area contributed by atoms with E-state index < -0.39 is 29.8 Å². The first-order valence-corrected chi connectivity index (χ1v) is 15.5. The summed E-state index contributed by atoms with van der Waals surface area (Å²) in [6.45, 7) is 4.57. The number of aliphatic hydroxyl groups is 1. The van der Waals surface area contributed by atoms with Crippen molar-refractivity contribution in [2.24, 2.45) is 5.92 Å². The minimum Gasteiger partial charge on any atom is -0.391 e. The number of allylic oxidation sites excluding steroid dienone is 1. The van der Waals surface area contributed by atoms with Gasteiger partial charge in [-0.05, 0) is 73.2 Å². The second-order valence-electron chi connectivity index (χ2n) is 12.0. The number of aliphatic hydroxyl groups excluding tert-OH is 1. The molecule has 1 aromatic heterocycles. The Balaban J connectivity index is 1.10. The SMILES string of the molecule is C[C@@H](NC(=O)[C@@H]1C[C@@H](O)CN1C(=O)CNC(=O)c1ccc2cc(F)ccc2n1)c1ccc(N2CCOCC2)cc1/C=C/C1CC1. The van der Waals surface area contributed by atoms with Crippen molar-refractivity contribution in [1.82, 2.24) is 20.5 Å². The Labute approximate surface area is 261 Å². The highest BCUT2D eigenvalue weighted by molar-refractivity contribution is 5.97. The molecule has 3 fully saturated rings. The second kappa shape index (κ2) is 13.3. The van der Waals surface area contributed by atoms with E-state index in [2.05, 4.69) is 44.8 Å². The Morgan fingerprint density at radius 2 is 1.91 bits per heavy atom. The van der Waals surface area contributed by atoms with E-state index in [4.69, 9.17) is 4.74 Å². The lowest BCUT2D eigenvalue weighted by Gasteiger charge is -2.30. The summed E-state index contributed by atoms with van der Waals surface area (Å²) in [6.07, 6.45) is 5.99. The number of carbonyl (C=O) groups excluding carboxylic acids is 3. The van der Waals surface area contributed by atoms with Crippen molar-refractivity contribution < 1.29 is 28.6 Å². The first-order chi connectivity index (χ1) is 21.7. The molecule has 1 aliphatic carbocycles. The monoisotopic (exact) mass is 615 g/mol. The van der Waals surface area contributed by atoms with Gasteiger partial charge in [0.05, 0.1) is 37.4 Å². The zero-order chi connectivity index (χ0) is 31.5. The van der Waals surface area contributed by atoms with Gasteiger partial charge in [-0.3, -0.25) is 14.4 Å². The molecule has 2 saturated heterocycles. The summed E-state index contributed by atoms with van der Waals surface area (Å²) < 4.78 is 19.0. The van der Waals surface area contributed by atoms with Crippen LogP contribution >= 0.6 is 0 Å². The molecule has 10 nitrogen and oxygen atoms in total. The van der Waals surface area contributed by atoms with Gasteiger partial charge in [-0.25, -0.2) is 9.37 Å². The zero-order valence-corrected chi connectivity index (χ0v) is 25.2. The smallest absolute Gasteiger partial charge is 0.270 e. The number of pyridine rings is 1. The number of halogens is 1. The summed E-state index contributed by atoms with van der Waals surface area (Å²) in [4.78, 5) is 47.3. The number of hydrogen-bond donors (Lipinski definition) is 3. The molecule has 2 aromatic carbocycles. The van der Waals surface area contributed by atoms with E-state index in [9.17, 15) is 23.9 Å². The molecular weight excluding hydrogens is 577 g/mol. The van der Waals surface area contributed by atoms with Crippen molar-refractivity contribution >= 4 is 40.4 Å². The van der Waals surface area contributed by atoms with Crippen molar-refractivity contribution in [2.45, 2.75) is 44.4 Å². The highest BCUT2D eigenvalue weighted by Gasteiger charge is 2.39. The van der Waals surface area contributed by atoms with Crippen LogP contribution in [0.5, 0.6) is 0 Å². The third kappa shape index (κ3) is 7.32. The van der Waals surface area contributed by atoms with E-state index in [0.29, 0.717) is 30.0 Å². The van der Waals surface area contributed by atoms with Crippen molar-refractivity contribution in [1.29, 1.82) is 0 Å². The Kier molecular flexibility index (Phi) is 9.09. The molecule has 0 unspecified atom stereocenters. The predicted octanol–water partition coefficient (Wildman–Crippen LogP) is 3.20. The van der Waals surface area contributed by atoms with Crippen molar-refractivity contribution in [2.75, 3.05) is 44.3 Å². The van der Waals surface area contributed by atoms with Gasteiger partial charge in [-0.2, -0.15) is 0 Å². The average molecular weight is 616 g/mol. The van der Waals surface area contributed by atoms with E-state index in [0.717, 1.165) is 29.9 Å².